The van der Waals surface area contributed by atoms with Crippen LogP contribution in [0.15, 0.2) is 24.3 Å². The minimum absolute atomic E-state index is 0.0484. The summed E-state index contributed by atoms with van der Waals surface area (Å²) in [6.45, 7) is 15.4. The molecule has 1 rings (SSSR count). The summed E-state index contributed by atoms with van der Waals surface area (Å²) in [7, 11) is 0. The van der Waals surface area contributed by atoms with Crippen molar-refractivity contribution in [2.75, 3.05) is 6.61 Å². The number of nitrogens with one attached hydrogen (secondary N) is 2. The molecular formula is C25H42N2O4. The molecule has 0 saturated heterocycles. The maximum absolute atomic E-state index is 12.4. The Morgan fingerprint density at radius 1 is 1.00 bits per heavy atom. The van der Waals surface area contributed by atoms with E-state index in [9.17, 15) is 9.59 Å². The van der Waals surface area contributed by atoms with E-state index in [2.05, 4.69) is 10.6 Å². The quantitative estimate of drug-likeness (QED) is 0.452. The molecule has 0 heterocycles. The van der Waals surface area contributed by atoms with Gasteiger partial charge >= 0.3 is 0 Å². The van der Waals surface area contributed by atoms with Crippen molar-refractivity contribution in [3.05, 3.63) is 35.4 Å². The first-order valence-corrected chi connectivity index (χ1v) is 11.3. The van der Waals surface area contributed by atoms with Crippen LogP contribution >= 0.6 is 0 Å². The highest BCUT2D eigenvalue weighted by Gasteiger charge is 2.25. The Morgan fingerprint density at radius 2 is 1.61 bits per heavy atom. The number of hydrogen-bond donors (Lipinski definition) is 2. The summed E-state index contributed by atoms with van der Waals surface area (Å²) < 4.78 is 11.6. The number of benzene rings is 1. The molecule has 0 aliphatic rings. The van der Waals surface area contributed by atoms with E-state index in [0.717, 1.165) is 17.5 Å². The smallest absolute Gasteiger partial charge is 0.223 e. The summed E-state index contributed by atoms with van der Waals surface area (Å²) in [5.41, 5.74) is 1.25. The van der Waals surface area contributed by atoms with Gasteiger partial charge in [0, 0.05) is 25.1 Å². The second-order valence-electron chi connectivity index (χ2n) is 9.67. The molecule has 1 aromatic rings. The van der Waals surface area contributed by atoms with Gasteiger partial charge in [0.2, 0.25) is 11.8 Å². The summed E-state index contributed by atoms with van der Waals surface area (Å²) in [4.78, 5) is 24.2. The molecule has 0 spiro atoms. The van der Waals surface area contributed by atoms with Crippen molar-refractivity contribution < 1.29 is 19.1 Å². The average molecular weight is 435 g/mol. The average Bonchev–Trinajstić information content (AvgIpc) is 2.64. The molecule has 0 unspecified atom stereocenters. The third-order valence-corrected chi connectivity index (χ3v) is 4.86. The molecule has 0 aliphatic carbocycles. The van der Waals surface area contributed by atoms with E-state index in [1.54, 1.807) is 0 Å². The van der Waals surface area contributed by atoms with Gasteiger partial charge in [-0.15, -0.1) is 0 Å². The van der Waals surface area contributed by atoms with Gasteiger partial charge in [0.1, 0.15) is 0 Å². The van der Waals surface area contributed by atoms with E-state index < -0.39 is 5.60 Å². The number of ether oxygens (including phenoxy) is 2. The fourth-order valence-electron chi connectivity index (χ4n) is 3.03. The van der Waals surface area contributed by atoms with Crippen molar-refractivity contribution in [3.63, 3.8) is 0 Å². The first kappa shape index (κ1) is 27.1. The number of carbonyl (C=O) groups excluding carboxylic acids is 2. The summed E-state index contributed by atoms with van der Waals surface area (Å²) in [6.07, 6.45) is 2.52. The van der Waals surface area contributed by atoms with Gasteiger partial charge in [0.05, 0.1) is 24.7 Å². The van der Waals surface area contributed by atoms with Crippen molar-refractivity contribution in [1.29, 1.82) is 0 Å². The van der Waals surface area contributed by atoms with Gasteiger partial charge in [-0.1, -0.05) is 31.2 Å². The van der Waals surface area contributed by atoms with E-state index in [1.807, 2.05) is 72.7 Å². The minimum Gasteiger partial charge on any atom is -0.375 e. The molecule has 31 heavy (non-hydrogen) atoms. The normalized spacial score (nSPS) is 12.1. The van der Waals surface area contributed by atoms with Crippen LogP contribution in [0, 0.1) is 0 Å². The molecular weight excluding hydrogens is 392 g/mol. The zero-order valence-corrected chi connectivity index (χ0v) is 20.5. The molecule has 2 N–H and O–H groups in total. The third-order valence-electron chi connectivity index (χ3n) is 4.86. The Morgan fingerprint density at radius 3 is 2.19 bits per heavy atom. The highest BCUT2D eigenvalue weighted by Crippen LogP contribution is 2.18. The number of hydrogen-bond acceptors (Lipinski definition) is 4. The molecule has 6 nitrogen and oxygen atoms in total. The van der Waals surface area contributed by atoms with Crippen LogP contribution in [0.3, 0.4) is 0 Å². The van der Waals surface area contributed by atoms with E-state index in [1.165, 1.54) is 0 Å². The fourth-order valence-corrected chi connectivity index (χ4v) is 3.03. The lowest BCUT2D eigenvalue weighted by atomic mass is 10.00. The lowest BCUT2D eigenvalue weighted by molar-refractivity contribution is -0.127. The molecule has 0 atom stereocenters. The van der Waals surface area contributed by atoms with Gasteiger partial charge in [-0.25, -0.2) is 0 Å². The maximum atomic E-state index is 12.4. The number of carbonyl (C=O) groups is 2. The second-order valence-corrected chi connectivity index (χ2v) is 9.67. The molecule has 176 valence electrons. The van der Waals surface area contributed by atoms with Crippen LogP contribution in [-0.2, 0) is 32.2 Å². The Balaban J connectivity index is 2.37. The largest absolute Gasteiger partial charge is 0.375 e. The first-order valence-electron chi connectivity index (χ1n) is 11.3. The number of rotatable bonds is 14. The molecule has 0 radical (unpaired) electrons. The molecule has 0 saturated carbocycles. The monoisotopic (exact) mass is 434 g/mol. The molecule has 6 heteroatoms. The van der Waals surface area contributed by atoms with Crippen LogP contribution in [-0.4, -0.2) is 35.7 Å². The SMILES string of the molecule is CCCC(=O)NC(C)(C)CCOC(C)(C)CC(=O)NCc1ccc(COC(C)C)cc1. The van der Waals surface area contributed by atoms with Crippen LogP contribution in [0.1, 0.15) is 85.3 Å². The highest BCUT2D eigenvalue weighted by molar-refractivity contribution is 5.77. The third kappa shape index (κ3) is 12.5. The van der Waals surface area contributed by atoms with Gasteiger partial charge in [-0.05, 0) is 65.5 Å². The van der Waals surface area contributed by atoms with Crippen molar-refractivity contribution in [2.24, 2.45) is 0 Å². The predicted molar refractivity (Wildman–Crippen MR) is 125 cm³/mol. The molecule has 0 bridgehead atoms. The fraction of sp³-hybridized carbons (Fsp3) is 0.680. The Hall–Kier alpha value is -1.92. The number of amides is 2. The Labute approximate surface area is 188 Å². The van der Waals surface area contributed by atoms with E-state index in [0.29, 0.717) is 32.6 Å². The van der Waals surface area contributed by atoms with Gasteiger partial charge in [0.25, 0.3) is 0 Å². The molecule has 2 amide bonds. The van der Waals surface area contributed by atoms with Crippen LogP contribution in [0.25, 0.3) is 0 Å². The Bertz CT molecular complexity index is 681. The van der Waals surface area contributed by atoms with Gasteiger partial charge in [-0.3, -0.25) is 9.59 Å². The van der Waals surface area contributed by atoms with Crippen LogP contribution in [0.4, 0.5) is 0 Å². The van der Waals surface area contributed by atoms with Crippen molar-refractivity contribution in [2.45, 2.75) is 105 Å². The zero-order chi connectivity index (χ0) is 23.5. The summed E-state index contributed by atoms with van der Waals surface area (Å²) in [6, 6.07) is 8.07. The minimum atomic E-state index is -0.578. The molecule has 0 fully saturated rings. The molecule has 0 aromatic heterocycles. The van der Waals surface area contributed by atoms with Crippen molar-refractivity contribution in [1.82, 2.24) is 10.6 Å². The first-order chi connectivity index (χ1) is 14.4. The Kier molecular flexibility index (Phi) is 11.2. The lowest BCUT2D eigenvalue weighted by Crippen LogP contribution is -2.44. The molecule has 1 aromatic carbocycles. The van der Waals surface area contributed by atoms with Crippen molar-refractivity contribution >= 4 is 11.8 Å². The summed E-state index contributed by atoms with van der Waals surface area (Å²) >= 11 is 0. The maximum Gasteiger partial charge on any atom is 0.223 e. The van der Waals surface area contributed by atoms with E-state index in [4.69, 9.17) is 9.47 Å². The van der Waals surface area contributed by atoms with E-state index in [-0.39, 0.29) is 29.9 Å². The predicted octanol–water partition coefficient (Wildman–Crippen LogP) is 4.50. The van der Waals surface area contributed by atoms with Gasteiger partial charge in [-0.2, -0.15) is 0 Å². The lowest BCUT2D eigenvalue weighted by Gasteiger charge is -2.30. The van der Waals surface area contributed by atoms with Gasteiger partial charge in [0.15, 0.2) is 0 Å². The van der Waals surface area contributed by atoms with Crippen LogP contribution in [0.2, 0.25) is 0 Å². The zero-order valence-electron chi connectivity index (χ0n) is 20.5. The van der Waals surface area contributed by atoms with Gasteiger partial charge < -0.3 is 20.1 Å². The van der Waals surface area contributed by atoms with Crippen LogP contribution in [0.5, 0.6) is 0 Å². The summed E-state index contributed by atoms with van der Waals surface area (Å²) in [5, 5.41) is 6.00. The second kappa shape index (κ2) is 12.8. The topological polar surface area (TPSA) is 76.7 Å². The van der Waals surface area contributed by atoms with E-state index >= 15 is 0 Å². The highest BCUT2D eigenvalue weighted by atomic mass is 16.5. The van der Waals surface area contributed by atoms with Crippen molar-refractivity contribution in [3.8, 4) is 0 Å². The molecule has 0 aliphatic heterocycles. The summed E-state index contributed by atoms with van der Waals surface area (Å²) in [5.74, 6) is 0.0133. The standard InChI is InChI=1S/C25H42N2O4/c1-8-9-22(28)27-24(4,5)14-15-31-25(6,7)16-23(29)26-17-20-10-12-21(13-11-20)18-30-19(2)3/h10-13,19H,8-9,14-18H2,1-7H3,(H,26,29)(H,27,28). The van der Waals surface area contributed by atoms with Crippen LogP contribution < -0.4 is 10.6 Å².